The van der Waals surface area contributed by atoms with E-state index in [0.29, 0.717) is 9.32 Å². The molecule has 4 nitrogen and oxygen atoms in total. The minimum atomic E-state index is -4.46. The molecule has 0 aromatic heterocycles. The van der Waals surface area contributed by atoms with Gasteiger partial charge in [-0.1, -0.05) is 0 Å². The van der Waals surface area contributed by atoms with E-state index < -0.39 is 23.6 Å². The number of alkyl halides is 3. The summed E-state index contributed by atoms with van der Waals surface area (Å²) in [5.74, 6) is -0.297. The van der Waals surface area contributed by atoms with Gasteiger partial charge in [0.05, 0.1) is 24.1 Å². The van der Waals surface area contributed by atoms with Crippen molar-refractivity contribution in [2.75, 3.05) is 23.9 Å². The molecule has 0 bridgehead atoms. The maximum absolute atomic E-state index is 12.6. The first-order valence-corrected chi connectivity index (χ1v) is 8.28. The summed E-state index contributed by atoms with van der Waals surface area (Å²) in [5, 5.41) is 2.45. The van der Waals surface area contributed by atoms with Crippen molar-refractivity contribution in [3.63, 3.8) is 0 Å². The molecule has 22 heavy (non-hydrogen) atoms. The number of halogens is 4. The number of carbonyl (C=O) groups is 2. The number of methoxy groups -OCH3 is 1. The van der Waals surface area contributed by atoms with Crippen LogP contribution in [0.2, 0.25) is 0 Å². The summed E-state index contributed by atoms with van der Waals surface area (Å²) in [6.07, 6.45) is -4.37. The highest BCUT2D eigenvalue weighted by Crippen LogP contribution is 2.32. The van der Waals surface area contributed by atoms with Crippen molar-refractivity contribution < 1.29 is 27.5 Å². The van der Waals surface area contributed by atoms with E-state index in [1.54, 1.807) is 0 Å². The van der Waals surface area contributed by atoms with Gasteiger partial charge in [0.1, 0.15) is 0 Å². The number of hydrogen-bond donors (Lipinski definition) is 1. The molecular weight excluding hydrogens is 434 g/mol. The molecule has 1 aromatic rings. The van der Waals surface area contributed by atoms with Crippen LogP contribution in [0.4, 0.5) is 18.9 Å². The van der Waals surface area contributed by atoms with Crippen molar-refractivity contribution in [2.24, 2.45) is 0 Å². The third-order valence-electron chi connectivity index (χ3n) is 2.49. The van der Waals surface area contributed by atoms with E-state index in [2.05, 4.69) is 10.1 Å². The fourth-order valence-corrected chi connectivity index (χ4v) is 2.62. The van der Waals surface area contributed by atoms with Gasteiger partial charge < -0.3 is 10.1 Å². The summed E-state index contributed by atoms with van der Waals surface area (Å²) in [6.45, 7) is 0. The lowest BCUT2D eigenvalue weighted by molar-refractivity contribution is -0.138. The predicted octanol–water partition coefficient (Wildman–Crippen LogP) is 3.54. The van der Waals surface area contributed by atoms with Crippen LogP contribution in [0.15, 0.2) is 18.2 Å². The van der Waals surface area contributed by atoms with Gasteiger partial charge in [0.15, 0.2) is 0 Å². The molecule has 0 aliphatic heterocycles. The molecule has 9 heteroatoms. The second-order valence-electron chi connectivity index (χ2n) is 4.12. The molecular formula is C13H13F3INO3S. The van der Waals surface area contributed by atoms with Gasteiger partial charge in [-0.25, -0.2) is 0 Å². The molecule has 0 aliphatic carbocycles. The Labute approximate surface area is 143 Å². The lowest BCUT2D eigenvalue weighted by Gasteiger charge is -2.11. The van der Waals surface area contributed by atoms with Gasteiger partial charge in [-0.3, -0.25) is 9.59 Å². The van der Waals surface area contributed by atoms with E-state index in [-0.39, 0.29) is 17.9 Å². The molecule has 0 radical (unpaired) electrons. The van der Waals surface area contributed by atoms with Crippen molar-refractivity contribution >= 4 is 51.9 Å². The van der Waals surface area contributed by atoms with E-state index in [9.17, 15) is 22.8 Å². The lowest BCUT2D eigenvalue weighted by Crippen LogP contribution is -2.15. The zero-order chi connectivity index (χ0) is 16.8. The fraction of sp³-hybridized carbons (Fsp3) is 0.385. The Hall–Kier alpha value is -0.970. The highest BCUT2D eigenvalue weighted by molar-refractivity contribution is 14.1. The number of amides is 1. The summed E-state index contributed by atoms with van der Waals surface area (Å²) in [4.78, 5) is 22.6. The molecule has 0 atom stereocenters. The zero-order valence-corrected chi connectivity index (χ0v) is 14.5. The van der Waals surface area contributed by atoms with Crippen LogP contribution in [-0.4, -0.2) is 30.5 Å². The zero-order valence-electron chi connectivity index (χ0n) is 11.5. The number of benzene rings is 1. The molecule has 1 amide bonds. The number of ether oxygens (including phenoxy) is 1. The average molecular weight is 447 g/mol. The van der Waals surface area contributed by atoms with Crippen LogP contribution in [0.1, 0.15) is 12.0 Å². The fourth-order valence-electron chi connectivity index (χ4n) is 1.39. The Balaban J connectivity index is 2.55. The quantitative estimate of drug-likeness (QED) is 0.412. The summed E-state index contributed by atoms with van der Waals surface area (Å²) in [6, 6.07) is 3.16. The predicted molar refractivity (Wildman–Crippen MR) is 86.7 cm³/mol. The van der Waals surface area contributed by atoms with Gasteiger partial charge in [-0.15, -0.1) is 11.8 Å². The van der Waals surface area contributed by atoms with Gasteiger partial charge in [-0.2, -0.15) is 13.2 Å². The summed E-state index contributed by atoms with van der Waals surface area (Å²) >= 11 is 3.07. The molecule has 122 valence electrons. The van der Waals surface area contributed by atoms with E-state index in [0.717, 1.165) is 12.1 Å². The first kappa shape index (κ1) is 19.1. The van der Waals surface area contributed by atoms with Gasteiger partial charge in [-0.05, 0) is 40.8 Å². The third-order valence-corrected chi connectivity index (χ3v) is 4.36. The van der Waals surface area contributed by atoms with Crippen molar-refractivity contribution in [1.82, 2.24) is 0 Å². The van der Waals surface area contributed by atoms with Crippen molar-refractivity contribution in [1.29, 1.82) is 0 Å². The van der Waals surface area contributed by atoms with Crippen molar-refractivity contribution in [3.8, 4) is 0 Å². The Kier molecular flexibility index (Phi) is 7.46. The Bertz CT molecular complexity index is 552. The van der Waals surface area contributed by atoms with Crippen LogP contribution in [0, 0.1) is 3.57 Å². The molecule has 0 saturated heterocycles. The molecule has 0 spiro atoms. The molecule has 1 N–H and O–H groups in total. The Morgan fingerprint density at radius 2 is 2.05 bits per heavy atom. The lowest BCUT2D eigenvalue weighted by atomic mass is 10.2. The van der Waals surface area contributed by atoms with E-state index >= 15 is 0 Å². The highest BCUT2D eigenvalue weighted by Gasteiger charge is 2.31. The third kappa shape index (κ3) is 6.42. The van der Waals surface area contributed by atoms with Crippen LogP contribution < -0.4 is 5.32 Å². The van der Waals surface area contributed by atoms with Gasteiger partial charge in [0, 0.05) is 15.7 Å². The smallest absolute Gasteiger partial charge is 0.416 e. The maximum atomic E-state index is 12.6. The minimum Gasteiger partial charge on any atom is -0.468 e. The number of anilines is 1. The summed E-state index contributed by atoms with van der Waals surface area (Å²) < 4.78 is 42.9. The standard InChI is InChI=1S/C13H13F3INO3S/c1-21-12(20)7-22-5-4-11(19)18-10-6-8(13(14,15)16)2-3-9(10)17/h2-3,6H,4-5,7H2,1H3,(H,18,19). The molecule has 0 heterocycles. The molecule has 1 rings (SSSR count). The maximum Gasteiger partial charge on any atom is 0.416 e. The topological polar surface area (TPSA) is 55.4 Å². The highest BCUT2D eigenvalue weighted by atomic mass is 127. The number of nitrogens with one attached hydrogen (secondary N) is 1. The Morgan fingerprint density at radius 3 is 2.64 bits per heavy atom. The second kappa shape index (κ2) is 8.61. The normalized spacial score (nSPS) is 11.1. The van der Waals surface area contributed by atoms with E-state index in [1.165, 1.54) is 24.9 Å². The average Bonchev–Trinajstić information content (AvgIpc) is 2.44. The monoisotopic (exact) mass is 447 g/mol. The minimum absolute atomic E-state index is 0.0913. The van der Waals surface area contributed by atoms with Crippen LogP contribution in [0.25, 0.3) is 0 Å². The number of thioether (sulfide) groups is 1. The Morgan fingerprint density at radius 1 is 1.36 bits per heavy atom. The molecule has 0 fully saturated rings. The van der Waals surface area contributed by atoms with Crippen LogP contribution >= 0.6 is 34.4 Å². The van der Waals surface area contributed by atoms with E-state index in [4.69, 9.17) is 0 Å². The van der Waals surface area contributed by atoms with Crippen molar-refractivity contribution in [2.45, 2.75) is 12.6 Å². The molecule has 0 aliphatic rings. The van der Waals surface area contributed by atoms with Gasteiger partial charge in [0.25, 0.3) is 0 Å². The van der Waals surface area contributed by atoms with Crippen LogP contribution in [0.3, 0.4) is 0 Å². The first-order chi connectivity index (χ1) is 10.2. The van der Waals surface area contributed by atoms with Crippen molar-refractivity contribution in [3.05, 3.63) is 27.3 Å². The first-order valence-electron chi connectivity index (χ1n) is 6.05. The summed E-state index contributed by atoms with van der Waals surface area (Å²) in [5.41, 5.74) is -0.693. The SMILES string of the molecule is COC(=O)CSCCC(=O)Nc1cc(C(F)(F)F)ccc1I. The number of carbonyl (C=O) groups excluding carboxylic acids is 2. The second-order valence-corrected chi connectivity index (χ2v) is 6.39. The molecule has 0 saturated carbocycles. The number of hydrogen-bond acceptors (Lipinski definition) is 4. The largest absolute Gasteiger partial charge is 0.468 e. The number of rotatable bonds is 6. The molecule has 1 aromatic carbocycles. The van der Waals surface area contributed by atoms with Crippen LogP contribution in [0.5, 0.6) is 0 Å². The molecule has 0 unspecified atom stereocenters. The van der Waals surface area contributed by atoms with E-state index in [1.807, 2.05) is 22.6 Å². The van der Waals surface area contributed by atoms with Gasteiger partial charge >= 0.3 is 12.1 Å². The van der Waals surface area contributed by atoms with Gasteiger partial charge in [0.2, 0.25) is 5.91 Å². The summed E-state index contributed by atoms with van der Waals surface area (Å²) in [7, 11) is 1.27. The van der Waals surface area contributed by atoms with Crippen LogP contribution in [-0.2, 0) is 20.5 Å². The number of esters is 1.